The molecule has 1 amide bonds. The fraction of sp³-hybridized carbons (Fsp3) is 0.400. The van der Waals surface area contributed by atoms with Crippen LogP contribution in [0.3, 0.4) is 0 Å². The third-order valence-electron chi connectivity index (χ3n) is 4.95. The Labute approximate surface area is 157 Å². The number of nitrogens with zero attached hydrogens (tertiary/aromatic N) is 3. The van der Waals surface area contributed by atoms with E-state index in [0.717, 1.165) is 24.1 Å². The van der Waals surface area contributed by atoms with Crippen LogP contribution in [0.5, 0.6) is 0 Å². The van der Waals surface area contributed by atoms with E-state index in [4.69, 9.17) is 0 Å². The zero-order valence-electron chi connectivity index (χ0n) is 15.5. The van der Waals surface area contributed by atoms with E-state index >= 15 is 0 Å². The topological polar surface area (TPSA) is 81.3 Å². The zero-order valence-corrected chi connectivity index (χ0v) is 15.5. The summed E-state index contributed by atoms with van der Waals surface area (Å²) in [6.07, 6.45) is 2.04. The second kappa shape index (κ2) is 7.91. The van der Waals surface area contributed by atoms with Crippen LogP contribution in [-0.2, 0) is 4.79 Å². The molecule has 0 spiro atoms. The van der Waals surface area contributed by atoms with Crippen LogP contribution < -0.4 is 5.32 Å². The molecule has 1 heterocycles. The summed E-state index contributed by atoms with van der Waals surface area (Å²) in [5.41, 5.74) is 2.42. The largest absolute Gasteiger partial charge is 0.395 e. The van der Waals surface area contributed by atoms with Crippen molar-refractivity contribution in [2.24, 2.45) is 0 Å². The molecule has 3 rings (SSSR count). The first-order valence-corrected chi connectivity index (χ1v) is 8.99. The Balaban J connectivity index is 1.93. The lowest BCUT2D eigenvalue weighted by molar-refractivity contribution is -0.117. The Morgan fingerprint density at radius 3 is 2.78 bits per heavy atom. The average molecular weight is 370 g/mol. The fourth-order valence-corrected chi connectivity index (χ4v) is 3.31. The number of rotatable bonds is 7. The molecule has 0 bridgehead atoms. The van der Waals surface area contributed by atoms with Gasteiger partial charge in [-0.15, -0.1) is 0 Å². The number of halogens is 1. The third-order valence-corrected chi connectivity index (χ3v) is 4.95. The van der Waals surface area contributed by atoms with Gasteiger partial charge in [-0.3, -0.25) is 14.3 Å². The maximum absolute atomic E-state index is 13.7. The van der Waals surface area contributed by atoms with E-state index in [9.17, 15) is 19.6 Å². The van der Waals surface area contributed by atoms with Crippen molar-refractivity contribution in [1.82, 2.24) is 9.47 Å². The first-order chi connectivity index (χ1) is 13.0. The van der Waals surface area contributed by atoms with Crippen LogP contribution in [0.4, 0.5) is 10.2 Å². The fourth-order valence-electron chi connectivity index (χ4n) is 3.31. The molecule has 6 nitrogen and oxygen atoms in total. The van der Waals surface area contributed by atoms with Crippen LogP contribution in [0.15, 0.2) is 24.3 Å². The van der Waals surface area contributed by atoms with Crippen LogP contribution in [-0.4, -0.2) is 46.2 Å². The van der Waals surface area contributed by atoms with Crippen molar-refractivity contribution in [3.05, 3.63) is 46.9 Å². The summed E-state index contributed by atoms with van der Waals surface area (Å²) in [6, 6.07) is 8.51. The smallest absolute Gasteiger partial charge is 0.239 e. The lowest BCUT2D eigenvalue weighted by Gasteiger charge is -2.20. The van der Waals surface area contributed by atoms with E-state index in [0.29, 0.717) is 29.7 Å². The molecule has 0 saturated heterocycles. The first-order valence-electron chi connectivity index (χ1n) is 8.99. The Hall–Kier alpha value is -2.69. The monoisotopic (exact) mass is 370 g/mol. The second-order valence-electron chi connectivity index (χ2n) is 6.83. The summed E-state index contributed by atoms with van der Waals surface area (Å²) >= 11 is 0. The second-order valence-corrected chi connectivity index (χ2v) is 6.83. The van der Waals surface area contributed by atoms with Gasteiger partial charge in [-0.05, 0) is 50.5 Å². The van der Waals surface area contributed by atoms with Crippen molar-refractivity contribution in [2.75, 3.05) is 25.0 Å². The quantitative estimate of drug-likeness (QED) is 0.785. The standard InChI is InChI=1S/C20H23FN4O2/c1-13-14(2)25(17-5-3-4-15(21)10-17)20(18(13)11-22)23-19(27)12-24(8-9-26)16-6-7-16/h3-5,10,16,26H,6-9,12H2,1-2H3,(H,23,27). The minimum Gasteiger partial charge on any atom is -0.395 e. The van der Waals surface area contributed by atoms with Gasteiger partial charge in [-0.1, -0.05) is 6.07 Å². The molecular weight excluding hydrogens is 347 g/mol. The number of aliphatic hydroxyl groups excluding tert-OH is 1. The first kappa shape index (κ1) is 19.1. The van der Waals surface area contributed by atoms with E-state index in [1.54, 1.807) is 16.7 Å². The summed E-state index contributed by atoms with van der Waals surface area (Å²) in [5, 5.41) is 21.6. The molecular formula is C20H23FN4O2. The number of aromatic nitrogens is 1. The van der Waals surface area contributed by atoms with Crippen LogP contribution in [0.1, 0.15) is 29.7 Å². The van der Waals surface area contributed by atoms with Gasteiger partial charge in [0.15, 0.2) is 0 Å². The maximum atomic E-state index is 13.7. The van der Waals surface area contributed by atoms with Crippen LogP contribution >= 0.6 is 0 Å². The Kier molecular flexibility index (Phi) is 5.59. The van der Waals surface area contributed by atoms with Crippen molar-refractivity contribution < 1.29 is 14.3 Å². The summed E-state index contributed by atoms with van der Waals surface area (Å²) in [4.78, 5) is 14.6. The van der Waals surface area contributed by atoms with E-state index in [-0.39, 0.29) is 19.1 Å². The minimum absolute atomic E-state index is 0.00882. The lowest BCUT2D eigenvalue weighted by Crippen LogP contribution is -2.37. The van der Waals surface area contributed by atoms with Gasteiger partial charge >= 0.3 is 0 Å². The molecule has 0 atom stereocenters. The van der Waals surface area contributed by atoms with Crippen molar-refractivity contribution in [3.63, 3.8) is 0 Å². The number of hydrogen-bond acceptors (Lipinski definition) is 4. The number of amides is 1. The Morgan fingerprint density at radius 2 is 2.19 bits per heavy atom. The number of benzene rings is 1. The molecule has 0 aliphatic heterocycles. The molecule has 0 radical (unpaired) electrons. The molecule has 2 N–H and O–H groups in total. The zero-order chi connectivity index (χ0) is 19.6. The number of nitriles is 1. The van der Waals surface area contributed by atoms with Gasteiger partial charge in [0.25, 0.3) is 0 Å². The highest BCUT2D eigenvalue weighted by atomic mass is 19.1. The molecule has 1 fully saturated rings. The van der Waals surface area contributed by atoms with Crippen LogP contribution in [0, 0.1) is 31.0 Å². The van der Waals surface area contributed by atoms with Crippen LogP contribution in [0.25, 0.3) is 5.69 Å². The van der Waals surface area contributed by atoms with Gasteiger partial charge in [0.1, 0.15) is 17.7 Å². The molecule has 2 aromatic rings. The van der Waals surface area contributed by atoms with Gasteiger partial charge in [0, 0.05) is 18.3 Å². The summed E-state index contributed by atoms with van der Waals surface area (Å²) in [7, 11) is 0. The molecule has 7 heteroatoms. The SMILES string of the molecule is Cc1c(C#N)c(NC(=O)CN(CCO)C2CC2)n(-c2cccc(F)c2)c1C. The highest BCUT2D eigenvalue weighted by Crippen LogP contribution is 2.31. The summed E-state index contributed by atoms with van der Waals surface area (Å²) < 4.78 is 15.4. The number of carbonyl (C=O) groups excluding carboxylic acids is 1. The van der Waals surface area contributed by atoms with Crippen molar-refractivity contribution in [1.29, 1.82) is 5.26 Å². The minimum atomic E-state index is -0.392. The predicted octanol–water partition coefficient (Wildman–Crippen LogP) is 2.50. The highest BCUT2D eigenvalue weighted by molar-refractivity contribution is 5.93. The van der Waals surface area contributed by atoms with Crippen molar-refractivity contribution >= 4 is 11.7 Å². The van der Waals surface area contributed by atoms with Crippen molar-refractivity contribution in [3.8, 4) is 11.8 Å². The molecule has 1 aliphatic carbocycles. The third kappa shape index (κ3) is 4.02. The van der Waals surface area contributed by atoms with Crippen molar-refractivity contribution in [2.45, 2.75) is 32.7 Å². The van der Waals surface area contributed by atoms with Gasteiger partial charge in [0.2, 0.25) is 5.91 Å². The Morgan fingerprint density at radius 1 is 1.44 bits per heavy atom. The maximum Gasteiger partial charge on any atom is 0.239 e. The number of anilines is 1. The van der Waals surface area contributed by atoms with E-state index in [2.05, 4.69) is 11.4 Å². The number of nitrogens with one attached hydrogen (secondary N) is 1. The van der Waals surface area contributed by atoms with E-state index in [1.807, 2.05) is 18.7 Å². The highest BCUT2D eigenvalue weighted by Gasteiger charge is 2.30. The molecule has 1 aromatic carbocycles. The summed E-state index contributed by atoms with van der Waals surface area (Å²) in [6.45, 7) is 4.21. The van der Waals surface area contributed by atoms with Crippen LogP contribution in [0.2, 0.25) is 0 Å². The van der Waals surface area contributed by atoms with Gasteiger partial charge in [-0.25, -0.2) is 4.39 Å². The molecule has 0 unspecified atom stereocenters. The average Bonchev–Trinajstić information content (AvgIpc) is 3.43. The number of hydrogen-bond donors (Lipinski definition) is 2. The normalized spacial score (nSPS) is 13.6. The number of carbonyl (C=O) groups is 1. The molecule has 27 heavy (non-hydrogen) atoms. The van der Waals surface area contributed by atoms with Gasteiger partial charge < -0.3 is 10.4 Å². The Bertz CT molecular complexity index is 896. The summed E-state index contributed by atoms with van der Waals surface area (Å²) in [5.74, 6) is -0.304. The molecule has 1 aliphatic rings. The predicted molar refractivity (Wildman–Crippen MR) is 100 cm³/mol. The number of aliphatic hydroxyl groups is 1. The lowest BCUT2D eigenvalue weighted by atomic mass is 10.2. The molecule has 142 valence electrons. The van der Waals surface area contributed by atoms with Gasteiger partial charge in [-0.2, -0.15) is 5.26 Å². The molecule has 1 aromatic heterocycles. The van der Waals surface area contributed by atoms with E-state index in [1.165, 1.54) is 12.1 Å². The van der Waals surface area contributed by atoms with E-state index < -0.39 is 5.82 Å². The molecule has 1 saturated carbocycles. The van der Waals surface area contributed by atoms with Gasteiger partial charge in [0.05, 0.1) is 24.4 Å².